The molecule has 1 aliphatic rings. The zero-order chi connectivity index (χ0) is 21.7. The number of hydrogen-bond acceptors (Lipinski definition) is 6. The molecule has 0 amide bonds. The van der Waals surface area contributed by atoms with Crippen LogP contribution in [0.4, 0.5) is 0 Å². The highest BCUT2D eigenvalue weighted by Gasteiger charge is 2.27. The summed E-state index contributed by atoms with van der Waals surface area (Å²) in [5.41, 5.74) is 1.40. The Morgan fingerprint density at radius 2 is 2.03 bits per heavy atom. The number of hydrogen-bond donors (Lipinski definition) is 1. The lowest BCUT2D eigenvalue weighted by Gasteiger charge is -2.19. The molecule has 1 fully saturated rings. The molecule has 0 saturated carbocycles. The van der Waals surface area contributed by atoms with Crippen molar-refractivity contribution >= 4 is 10.0 Å². The molecule has 2 aromatic carbocycles. The van der Waals surface area contributed by atoms with Gasteiger partial charge in [-0.15, -0.1) is 0 Å². The molecular weight excluding hydrogens is 402 g/mol. The van der Waals surface area contributed by atoms with Crippen LogP contribution in [0, 0.1) is 11.3 Å². The van der Waals surface area contributed by atoms with E-state index in [1.807, 2.05) is 38.1 Å². The summed E-state index contributed by atoms with van der Waals surface area (Å²) in [5.74, 6) is 1.40. The van der Waals surface area contributed by atoms with Crippen LogP contribution in [0.15, 0.2) is 47.4 Å². The maximum absolute atomic E-state index is 12.7. The molecule has 1 saturated heterocycles. The standard InChI is InChI=1S/C22H27N3O4S/c1-16(2)29-21-8-7-18(12-22(21)28-3)14-25-10-9-19(15-25)24-30(26,27)20-6-4-5-17(11-20)13-23/h4-8,11-12,16,19,24H,9-10,14-15H2,1-3H3/t19-/m1/s1. The molecule has 0 bridgehead atoms. The van der Waals surface area contributed by atoms with Gasteiger partial charge in [-0.1, -0.05) is 12.1 Å². The third-order valence-electron chi connectivity index (χ3n) is 4.86. The van der Waals surface area contributed by atoms with E-state index in [0.717, 1.165) is 18.5 Å². The first-order valence-corrected chi connectivity index (χ1v) is 11.4. The van der Waals surface area contributed by atoms with Crippen molar-refractivity contribution in [2.45, 2.75) is 43.9 Å². The molecule has 1 heterocycles. The van der Waals surface area contributed by atoms with Crippen LogP contribution < -0.4 is 14.2 Å². The Kier molecular flexibility index (Phi) is 6.98. The number of rotatable bonds is 8. The number of nitriles is 1. The van der Waals surface area contributed by atoms with E-state index in [4.69, 9.17) is 14.7 Å². The fourth-order valence-corrected chi connectivity index (χ4v) is 4.82. The molecule has 0 aliphatic carbocycles. The van der Waals surface area contributed by atoms with E-state index in [1.54, 1.807) is 19.2 Å². The molecule has 8 heteroatoms. The zero-order valence-electron chi connectivity index (χ0n) is 17.5. The minimum atomic E-state index is -3.66. The molecular formula is C22H27N3O4S. The topological polar surface area (TPSA) is 91.7 Å². The van der Waals surface area contributed by atoms with Crippen LogP contribution in [0.1, 0.15) is 31.4 Å². The first-order valence-electron chi connectivity index (χ1n) is 9.89. The second-order valence-corrected chi connectivity index (χ2v) is 9.35. The van der Waals surface area contributed by atoms with Crippen molar-refractivity contribution in [3.05, 3.63) is 53.6 Å². The smallest absolute Gasteiger partial charge is 0.240 e. The molecule has 1 atom stereocenters. The summed E-state index contributed by atoms with van der Waals surface area (Å²) < 4.78 is 39.3. The van der Waals surface area contributed by atoms with Gasteiger partial charge in [-0.25, -0.2) is 13.1 Å². The first kappa shape index (κ1) is 22.1. The summed E-state index contributed by atoms with van der Waals surface area (Å²) in [7, 11) is -2.05. The molecule has 2 aromatic rings. The monoisotopic (exact) mass is 429 g/mol. The summed E-state index contributed by atoms with van der Waals surface area (Å²) >= 11 is 0. The lowest BCUT2D eigenvalue weighted by atomic mass is 10.2. The number of sulfonamides is 1. The Labute approximate surface area is 178 Å². The van der Waals surface area contributed by atoms with Gasteiger partial charge in [0, 0.05) is 25.7 Å². The number of methoxy groups -OCH3 is 1. The highest BCUT2D eigenvalue weighted by molar-refractivity contribution is 7.89. The molecule has 0 unspecified atom stereocenters. The minimum Gasteiger partial charge on any atom is -0.493 e. The van der Waals surface area contributed by atoms with E-state index in [1.165, 1.54) is 12.1 Å². The lowest BCUT2D eigenvalue weighted by molar-refractivity contribution is 0.229. The average Bonchev–Trinajstić information content (AvgIpc) is 3.14. The quantitative estimate of drug-likeness (QED) is 0.694. The Bertz CT molecular complexity index is 1030. The van der Waals surface area contributed by atoms with Crippen molar-refractivity contribution in [2.24, 2.45) is 0 Å². The van der Waals surface area contributed by atoms with Crippen LogP contribution in [0.2, 0.25) is 0 Å². The SMILES string of the molecule is COc1cc(CN2CC[C@@H](NS(=O)(=O)c3cccc(C#N)c3)C2)ccc1OC(C)C. The molecule has 0 spiro atoms. The van der Waals surface area contributed by atoms with Gasteiger partial charge < -0.3 is 9.47 Å². The van der Waals surface area contributed by atoms with Gasteiger partial charge in [-0.05, 0) is 56.2 Å². The Balaban J connectivity index is 1.62. The number of likely N-dealkylation sites (tertiary alicyclic amines) is 1. The molecule has 7 nitrogen and oxygen atoms in total. The number of ether oxygens (including phenoxy) is 2. The molecule has 1 aliphatic heterocycles. The largest absolute Gasteiger partial charge is 0.493 e. The van der Waals surface area contributed by atoms with Crippen molar-refractivity contribution in [1.82, 2.24) is 9.62 Å². The van der Waals surface area contributed by atoms with Crippen molar-refractivity contribution in [3.63, 3.8) is 0 Å². The second-order valence-electron chi connectivity index (χ2n) is 7.63. The van der Waals surface area contributed by atoms with E-state index < -0.39 is 10.0 Å². The van der Waals surface area contributed by atoms with Gasteiger partial charge >= 0.3 is 0 Å². The van der Waals surface area contributed by atoms with Crippen molar-refractivity contribution in [1.29, 1.82) is 5.26 Å². The summed E-state index contributed by atoms with van der Waals surface area (Å²) in [4.78, 5) is 2.32. The highest BCUT2D eigenvalue weighted by atomic mass is 32.2. The van der Waals surface area contributed by atoms with Crippen molar-refractivity contribution in [3.8, 4) is 17.6 Å². The van der Waals surface area contributed by atoms with Gasteiger partial charge in [-0.2, -0.15) is 5.26 Å². The fraction of sp³-hybridized carbons (Fsp3) is 0.409. The van der Waals surface area contributed by atoms with Gasteiger partial charge in [-0.3, -0.25) is 4.90 Å². The Morgan fingerprint density at radius 3 is 2.73 bits per heavy atom. The minimum absolute atomic E-state index is 0.0611. The maximum atomic E-state index is 12.7. The van der Waals surface area contributed by atoms with Gasteiger partial charge in [0.15, 0.2) is 11.5 Å². The van der Waals surface area contributed by atoms with E-state index in [0.29, 0.717) is 30.2 Å². The lowest BCUT2D eigenvalue weighted by Crippen LogP contribution is -2.37. The third kappa shape index (κ3) is 5.51. The summed E-state index contributed by atoms with van der Waals surface area (Å²) in [6.45, 7) is 6.03. The molecule has 0 radical (unpaired) electrons. The number of benzene rings is 2. The molecule has 0 aromatic heterocycles. The van der Waals surface area contributed by atoms with Gasteiger partial charge in [0.1, 0.15) is 0 Å². The Morgan fingerprint density at radius 1 is 1.23 bits per heavy atom. The fourth-order valence-electron chi connectivity index (χ4n) is 3.51. The van der Waals surface area contributed by atoms with E-state index in [9.17, 15) is 8.42 Å². The van der Waals surface area contributed by atoms with Crippen LogP contribution in [-0.4, -0.2) is 45.7 Å². The summed E-state index contributed by atoms with van der Waals surface area (Å²) in [6, 6.07) is 13.7. The predicted octanol–water partition coefficient (Wildman–Crippen LogP) is 2.91. The van der Waals surface area contributed by atoms with E-state index in [2.05, 4.69) is 9.62 Å². The van der Waals surface area contributed by atoms with Crippen molar-refractivity contribution < 1.29 is 17.9 Å². The van der Waals surface area contributed by atoms with Crippen LogP contribution in [0.3, 0.4) is 0 Å². The second kappa shape index (κ2) is 9.47. The van der Waals surface area contributed by atoms with Crippen molar-refractivity contribution in [2.75, 3.05) is 20.2 Å². The van der Waals surface area contributed by atoms with E-state index in [-0.39, 0.29) is 17.0 Å². The van der Waals surface area contributed by atoms with Crippen LogP contribution in [-0.2, 0) is 16.6 Å². The number of nitrogens with zero attached hydrogens (tertiary/aromatic N) is 2. The molecule has 160 valence electrons. The molecule has 30 heavy (non-hydrogen) atoms. The van der Waals surface area contributed by atoms with Crippen LogP contribution >= 0.6 is 0 Å². The van der Waals surface area contributed by atoms with Gasteiger partial charge in [0.25, 0.3) is 0 Å². The summed E-state index contributed by atoms with van der Waals surface area (Å²) in [5, 5.41) is 9.00. The van der Waals surface area contributed by atoms with Gasteiger partial charge in [0.2, 0.25) is 10.0 Å². The number of nitrogens with one attached hydrogen (secondary N) is 1. The van der Waals surface area contributed by atoms with Crippen LogP contribution in [0.5, 0.6) is 11.5 Å². The maximum Gasteiger partial charge on any atom is 0.240 e. The van der Waals surface area contributed by atoms with E-state index >= 15 is 0 Å². The zero-order valence-corrected chi connectivity index (χ0v) is 18.3. The van der Waals surface area contributed by atoms with Crippen LogP contribution in [0.25, 0.3) is 0 Å². The van der Waals surface area contributed by atoms with Gasteiger partial charge in [0.05, 0.1) is 29.7 Å². The highest BCUT2D eigenvalue weighted by Crippen LogP contribution is 2.30. The predicted molar refractivity (Wildman–Crippen MR) is 114 cm³/mol. The molecule has 1 N–H and O–H groups in total. The normalized spacial score (nSPS) is 17.1. The third-order valence-corrected chi connectivity index (χ3v) is 6.38. The first-order chi connectivity index (χ1) is 14.3. The molecule has 3 rings (SSSR count). The Hall–Kier alpha value is -2.60. The average molecular weight is 430 g/mol. The summed E-state index contributed by atoms with van der Waals surface area (Å²) in [6.07, 6.45) is 0.786.